The zero-order valence-corrected chi connectivity index (χ0v) is 24.0. The van der Waals surface area contributed by atoms with E-state index >= 15 is 0 Å². The molecule has 5 nitrogen and oxygen atoms in total. The summed E-state index contributed by atoms with van der Waals surface area (Å²) in [7, 11) is 0. The van der Waals surface area contributed by atoms with Crippen LogP contribution in [0.15, 0.2) is 0 Å². The van der Waals surface area contributed by atoms with Crippen molar-refractivity contribution in [2.75, 3.05) is 0 Å². The van der Waals surface area contributed by atoms with E-state index in [1.165, 1.54) is 0 Å². The van der Waals surface area contributed by atoms with Gasteiger partial charge in [-0.3, -0.25) is 0 Å². The monoisotopic (exact) mass is 458 g/mol. The summed E-state index contributed by atoms with van der Waals surface area (Å²) in [5, 5.41) is 0. The van der Waals surface area contributed by atoms with E-state index in [1.807, 2.05) is 0 Å². The van der Waals surface area contributed by atoms with Crippen molar-refractivity contribution >= 4 is 0 Å². The average Bonchev–Trinajstić information content (AvgIpc) is 2.45. The fourth-order valence-electron chi connectivity index (χ4n) is 4.14. The molecule has 1 aliphatic rings. The topological polar surface area (TPSA) is 46.2 Å². The second kappa shape index (κ2) is 9.81. The maximum absolute atomic E-state index is 6.72. The first-order valence-corrected chi connectivity index (χ1v) is 12.3. The molecule has 0 spiro atoms. The van der Waals surface area contributed by atoms with Gasteiger partial charge in [-0.1, -0.05) is 6.92 Å². The number of ether oxygens (including phenoxy) is 5. The molecule has 0 radical (unpaired) electrons. The zero-order chi connectivity index (χ0) is 25.5. The minimum Gasteiger partial charge on any atom is -0.369 e. The van der Waals surface area contributed by atoms with Crippen molar-refractivity contribution in [3.8, 4) is 0 Å². The highest BCUT2D eigenvalue weighted by Gasteiger charge is 2.56. The Bertz CT molecular complexity index is 536. The summed E-state index contributed by atoms with van der Waals surface area (Å²) >= 11 is 0. The Morgan fingerprint density at radius 3 is 0.656 bits per heavy atom. The summed E-state index contributed by atoms with van der Waals surface area (Å²) in [5.74, 6) is 0.0352. The zero-order valence-electron chi connectivity index (χ0n) is 24.0. The largest absolute Gasteiger partial charge is 0.369 e. The first kappa shape index (κ1) is 29.8. The van der Waals surface area contributed by atoms with Crippen LogP contribution in [0.1, 0.15) is 111 Å². The molecule has 0 aromatic heterocycles. The third-order valence-electron chi connectivity index (χ3n) is 4.78. The van der Waals surface area contributed by atoms with Crippen molar-refractivity contribution in [2.24, 2.45) is 5.92 Å². The molecule has 4 unspecified atom stereocenters. The summed E-state index contributed by atoms with van der Waals surface area (Å²) in [5.41, 5.74) is -1.80. The molecule has 32 heavy (non-hydrogen) atoms. The van der Waals surface area contributed by atoms with Gasteiger partial charge >= 0.3 is 0 Å². The predicted molar refractivity (Wildman–Crippen MR) is 132 cm³/mol. The molecule has 0 amide bonds. The molecule has 1 aliphatic carbocycles. The fraction of sp³-hybridized carbons (Fsp3) is 1.00. The number of rotatable bonds is 5. The van der Waals surface area contributed by atoms with Crippen molar-refractivity contribution in [1.82, 2.24) is 0 Å². The summed E-state index contributed by atoms with van der Waals surface area (Å²) < 4.78 is 33.5. The molecule has 5 heteroatoms. The lowest BCUT2D eigenvalue weighted by molar-refractivity contribution is -0.317. The SMILES string of the molecule is CC1C(OC(C)(C)C)C(OC(C)(C)C)C(OC(C)(C)C)C(OC(C)(C)C)C1OC(C)(C)C. The molecule has 0 bridgehead atoms. The van der Waals surface area contributed by atoms with Crippen molar-refractivity contribution in [3.63, 3.8) is 0 Å². The second-order valence-corrected chi connectivity index (χ2v) is 14.3. The Kier molecular flexibility index (Phi) is 9.15. The van der Waals surface area contributed by atoms with Gasteiger partial charge in [-0.15, -0.1) is 0 Å². The fourth-order valence-corrected chi connectivity index (χ4v) is 4.14. The van der Waals surface area contributed by atoms with E-state index in [9.17, 15) is 0 Å². The Morgan fingerprint density at radius 2 is 0.469 bits per heavy atom. The highest BCUT2D eigenvalue weighted by Crippen LogP contribution is 2.42. The van der Waals surface area contributed by atoms with Crippen LogP contribution >= 0.6 is 0 Å². The lowest BCUT2D eigenvalue weighted by atomic mass is 9.77. The van der Waals surface area contributed by atoms with E-state index in [0.29, 0.717) is 0 Å². The van der Waals surface area contributed by atoms with Gasteiger partial charge in [-0.2, -0.15) is 0 Å². The predicted octanol–water partition coefficient (Wildman–Crippen LogP) is 6.55. The van der Waals surface area contributed by atoms with Crippen LogP contribution < -0.4 is 0 Å². The van der Waals surface area contributed by atoms with Crippen LogP contribution in [0.2, 0.25) is 0 Å². The molecule has 1 rings (SSSR count). The molecule has 0 N–H and O–H groups in total. The summed E-state index contributed by atoms with van der Waals surface area (Å²) in [6, 6.07) is 0. The first-order chi connectivity index (χ1) is 13.9. The Balaban J connectivity index is 3.68. The average molecular weight is 459 g/mol. The summed E-state index contributed by atoms with van der Waals surface area (Å²) in [4.78, 5) is 0. The molecule has 0 saturated heterocycles. The Hall–Kier alpha value is -0.200. The van der Waals surface area contributed by atoms with E-state index in [0.717, 1.165) is 0 Å². The molecule has 192 valence electrons. The van der Waals surface area contributed by atoms with Crippen LogP contribution in [0, 0.1) is 5.92 Å². The van der Waals surface area contributed by atoms with Gasteiger partial charge in [0.1, 0.15) is 18.3 Å². The summed E-state index contributed by atoms with van der Waals surface area (Å²) in [6.07, 6.45) is -1.40. The van der Waals surface area contributed by atoms with Gasteiger partial charge in [0, 0.05) is 5.92 Å². The lowest BCUT2D eigenvalue weighted by Gasteiger charge is -2.54. The van der Waals surface area contributed by atoms with Crippen LogP contribution in [0.3, 0.4) is 0 Å². The third-order valence-corrected chi connectivity index (χ3v) is 4.78. The minimum atomic E-state index is -0.386. The van der Waals surface area contributed by atoms with Crippen LogP contribution in [0.4, 0.5) is 0 Å². The van der Waals surface area contributed by atoms with Crippen molar-refractivity contribution in [2.45, 2.75) is 169 Å². The quantitative estimate of drug-likeness (QED) is 0.467. The number of hydrogen-bond donors (Lipinski definition) is 0. The maximum Gasteiger partial charge on any atom is 0.116 e. The maximum atomic E-state index is 6.72. The van der Waals surface area contributed by atoms with Gasteiger partial charge in [0.05, 0.1) is 40.2 Å². The van der Waals surface area contributed by atoms with Crippen LogP contribution in [0.5, 0.6) is 0 Å². The molecule has 4 atom stereocenters. The van der Waals surface area contributed by atoms with Crippen LogP contribution in [-0.2, 0) is 23.7 Å². The normalized spacial score (nSPS) is 31.1. The van der Waals surface area contributed by atoms with Gasteiger partial charge in [0.2, 0.25) is 0 Å². The highest BCUT2D eigenvalue weighted by molar-refractivity contribution is 5.04. The summed E-state index contributed by atoms with van der Waals surface area (Å²) in [6.45, 7) is 33.4. The van der Waals surface area contributed by atoms with Gasteiger partial charge in [-0.05, 0) is 104 Å². The van der Waals surface area contributed by atoms with E-state index in [1.54, 1.807) is 0 Å². The molecule has 0 aromatic carbocycles. The molecular weight excluding hydrogens is 404 g/mol. The highest BCUT2D eigenvalue weighted by atomic mass is 16.6. The van der Waals surface area contributed by atoms with E-state index in [2.05, 4.69) is 111 Å². The van der Waals surface area contributed by atoms with Crippen molar-refractivity contribution in [3.05, 3.63) is 0 Å². The first-order valence-electron chi connectivity index (χ1n) is 12.3. The van der Waals surface area contributed by atoms with Gasteiger partial charge in [-0.25, -0.2) is 0 Å². The van der Waals surface area contributed by atoms with Crippen LogP contribution in [0.25, 0.3) is 0 Å². The van der Waals surface area contributed by atoms with Crippen LogP contribution in [-0.4, -0.2) is 58.5 Å². The molecule has 0 heterocycles. The third kappa shape index (κ3) is 10.4. The smallest absolute Gasteiger partial charge is 0.116 e. The number of hydrogen-bond acceptors (Lipinski definition) is 5. The molecule has 0 aromatic rings. The minimum absolute atomic E-state index is 0.0352. The van der Waals surface area contributed by atoms with E-state index in [-0.39, 0.29) is 64.4 Å². The molecule has 1 saturated carbocycles. The second-order valence-electron chi connectivity index (χ2n) is 14.3. The van der Waals surface area contributed by atoms with Gasteiger partial charge in [0.25, 0.3) is 0 Å². The lowest BCUT2D eigenvalue weighted by Crippen LogP contribution is -2.68. The van der Waals surface area contributed by atoms with Crippen molar-refractivity contribution < 1.29 is 23.7 Å². The molecule has 0 aliphatic heterocycles. The van der Waals surface area contributed by atoms with Crippen molar-refractivity contribution in [1.29, 1.82) is 0 Å². The van der Waals surface area contributed by atoms with E-state index in [4.69, 9.17) is 23.7 Å². The standard InChI is InChI=1S/C27H54O5/c1-17-18(28-23(2,3)4)20(30-25(8,9)10)22(32-27(14,15)16)21(31-26(11,12)13)19(17)29-24(5,6)7/h17-22H,1-16H3. The van der Waals surface area contributed by atoms with E-state index < -0.39 is 0 Å². The molecule has 1 fully saturated rings. The molecular formula is C27H54O5. The van der Waals surface area contributed by atoms with Gasteiger partial charge in [0.15, 0.2) is 0 Å². The Labute approximate surface area is 199 Å². The van der Waals surface area contributed by atoms with Gasteiger partial charge < -0.3 is 23.7 Å². The Morgan fingerprint density at radius 1 is 0.312 bits per heavy atom.